The Morgan fingerprint density at radius 3 is 1.09 bits per heavy atom. The van der Waals surface area contributed by atoms with Crippen LogP contribution >= 0.6 is 15.8 Å². The first kappa shape index (κ1) is 25.5. The summed E-state index contributed by atoms with van der Waals surface area (Å²) in [6, 6.07) is 43.0. The van der Waals surface area contributed by atoms with Crippen molar-refractivity contribution in [3.63, 3.8) is 0 Å². The highest BCUT2D eigenvalue weighted by Gasteiger charge is 2.23. The maximum absolute atomic E-state index is 13.0. The average molecular weight is 498 g/mol. The van der Waals surface area contributed by atoms with E-state index in [1.807, 2.05) is 0 Å². The molecule has 4 aromatic carbocycles. The van der Waals surface area contributed by atoms with Gasteiger partial charge in [-0.05, 0) is 62.2 Å². The SMILES string of the molecule is NCC(=O)C(CCP(c1ccccc1)c1ccccc1)CCP(c1ccccc1)c1ccccc1. The molecular weight excluding hydrogens is 464 g/mol. The van der Waals surface area contributed by atoms with Gasteiger partial charge in [0.15, 0.2) is 0 Å². The molecule has 4 aromatic rings. The zero-order valence-electron chi connectivity index (χ0n) is 20.0. The molecule has 0 unspecified atom stereocenters. The topological polar surface area (TPSA) is 43.1 Å². The van der Waals surface area contributed by atoms with Gasteiger partial charge >= 0.3 is 0 Å². The standard InChI is InChI=1S/C31H33NOP2/c32-25-31(33)26(21-23-34(27-13-5-1-6-14-27)28-15-7-2-8-16-28)22-24-35(29-17-9-3-10-18-29)30-19-11-4-12-20-30/h1-20,26H,21-25,32H2. The summed E-state index contributed by atoms with van der Waals surface area (Å²) in [5.74, 6) is 0.187. The lowest BCUT2D eigenvalue weighted by Gasteiger charge is -2.24. The van der Waals surface area contributed by atoms with Crippen LogP contribution in [0.15, 0.2) is 121 Å². The van der Waals surface area contributed by atoms with E-state index < -0.39 is 15.8 Å². The van der Waals surface area contributed by atoms with Crippen LogP contribution in [0.3, 0.4) is 0 Å². The van der Waals surface area contributed by atoms with Gasteiger partial charge in [0.05, 0.1) is 6.54 Å². The van der Waals surface area contributed by atoms with Crippen LogP contribution in [0.2, 0.25) is 0 Å². The third-order valence-electron chi connectivity index (χ3n) is 6.33. The van der Waals surface area contributed by atoms with Gasteiger partial charge in [0.2, 0.25) is 0 Å². The Morgan fingerprint density at radius 1 is 0.543 bits per heavy atom. The molecule has 0 fully saturated rings. The van der Waals surface area contributed by atoms with Crippen LogP contribution in [0.25, 0.3) is 0 Å². The van der Waals surface area contributed by atoms with Crippen LogP contribution in [0.4, 0.5) is 0 Å². The van der Waals surface area contributed by atoms with Gasteiger partial charge < -0.3 is 5.73 Å². The first-order valence-corrected chi connectivity index (χ1v) is 15.3. The van der Waals surface area contributed by atoms with Crippen molar-refractivity contribution in [1.29, 1.82) is 0 Å². The fraction of sp³-hybridized carbons (Fsp3) is 0.194. The average Bonchev–Trinajstić information content (AvgIpc) is 2.94. The van der Waals surface area contributed by atoms with E-state index in [1.165, 1.54) is 21.2 Å². The van der Waals surface area contributed by atoms with Gasteiger partial charge in [-0.3, -0.25) is 4.79 Å². The largest absolute Gasteiger partial charge is 0.324 e. The Balaban J connectivity index is 1.52. The number of ketones is 1. The first-order chi connectivity index (χ1) is 17.3. The van der Waals surface area contributed by atoms with Crippen molar-refractivity contribution in [3.05, 3.63) is 121 Å². The molecule has 35 heavy (non-hydrogen) atoms. The van der Waals surface area contributed by atoms with Crippen LogP contribution in [0.5, 0.6) is 0 Å². The Labute approximate surface area is 212 Å². The van der Waals surface area contributed by atoms with E-state index in [-0.39, 0.29) is 18.2 Å². The summed E-state index contributed by atoms with van der Waals surface area (Å²) in [5, 5.41) is 5.46. The first-order valence-electron chi connectivity index (χ1n) is 12.2. The number of nitrogens with two attached hydrogens (primary N) is 1. The minimum atomic E-state index is -0.515. The maximum Gasteiger partial charge on any atom is 0.149 e. The molecule has 0 aliphatic rings. The molecule has 2 N–H and O–H groups in total. The zero-order chi connectivity index (χ0) is 24.3. The van der Waals surface area contributed by atoms with Gasteiger partial charge in [-0.1, -0.05) is 121 Å². The molecule has 0 bridgehead atoms. The van der Waals surface area contributed by atoms with E-state index in [4.69, 9.17) is 5.73 Å². The molecule has 4 heteroatoms. The summed E-state index contributed by atoms with van der Waals surface area (Å²) < 4.78 is 0. The number of benzene rings is 4. The van der Waals surface area contributed by atoms with Gasteiger partial charge in [-0.15, -0.1) is 0 Å². The van der Waals surface area contributed by atoms with E-state index in [2.05, 4.69) is 121 Å². The summed E-state index contributed by atoms with van der Waals surface area (Å²) in [4.78, 5) is 13.0. The third kappa shape index (κ3) is 7.18. The summed E-state index contributed by atoms with van der Waals surface area (Å²) in [7, 11) is -1.03. The molecule has 0 aliphatic heterocycles. The molecule has 0 saturated heterocycles. The lowest BCUT2D eigenvalue weighted by molar-refractivity contribution is -0.121. The van der Waals surface area contributed by atoms with Crippen LogP contribution in [-0.2, 0) is 4.79 Å². The van der Waals surface area contributed by atoms with E-state index in [9.17, 15) is 4.79 Å². The number of hydrogen-bond acceptors (Lipinski definition) is 2. The molecular formula is C31H33NOP2. The van der Waals surface area contributed by atoms with Crippen LogP contribution in [-0.4, -0.2) is 24.7 Å². The van der Waals surface area contributed by atoms with Crippen LogP contribution in [0.1, 0.15) is 12.8 Å². The fourth-order valence-electron chi connectivity index (χ4n) is 4.45. The number of carbonyl (C=O) groups excluding carboxylic acids is 1. The molecule has 0 aliphatic carbocycles. The molecule has 0 radical (unpaired) electrons. The van der Waals surface area contributed by atoms with Crippen LogP contribution in [0, 0.1) is 5.92 Å². The van der Waals surface area contributed by atoms with E-state index in [0.29, 0.717) is 0 Å². The van der Waals surface area contributed by atoms with Gasteiger partial charge in [-0.25, -0.2) is 0 Å². The Morgan fingerprint density at radius 2 is 0.829 bits per heavy atom. The Kier molecular flexibility index (Phi) is 9.79. The molecule has 2 nitrogen and oxygen atoms in total. The molecule has 0 amide bonds. The molecule has 0 saturated carbocycles. The predicted octanol–water partition coefficient (Wildman–Crippen LogP) is 5.18. The third-order valence-corrected chi connectivity index (χ3v) is 11.4. The Hall–Kier alpha value is -2.63. The molecule has 0 aromatic heterocycles. The maximum atomic E-state index is 13.0. The highest BCUT2D eigenvalue weighted by molar-refractivity contribution is 7.73. The number of hydrogen-bond donors (Lipinski definition) is 1. The quantitative estimate of drug-likeness (QED) is 0.274. The second-order valence-electron chi connectivity index (χ2n) is 8.59. The van der Waals surface area contributed by atoms with Crippen molar-refractivity contribution in [1.82, 2.24) is 0 Å². The van der Waals surface area contributed by atoms with Crippen molar-refractivity contribution < 1.29 is 4.79 Å². The van der Waals surface area contributed by atoms with E-state index in [1.54, 1.807) is 0 Å². The van der Waals surface area contributed by atoms with Gasteiger partial charge in [-0.2, -0.15) is 0 Å². The predicted molar refractivity (Wildman–Crippen MR) is 155 cm³/mol. The molecule has 178 valence electrons. The minimum absolute atomic E-state index is 0.00477. The summed E-state index contributed by atoms with van der Waals surface area (Å²) in [5.41, 5.74) is 5.89. The smallest absolute Gasteiger partial charge is 0.149 e. The monoisotopic (exact) mass is 497 g/mol. The second-order valence-corrected chi connectivity index (χ2v) is 13.3. The number of Topliss-reactive ketones (excluding diaryl/α,β-unsaturated/α-hetero) is 1. The molecule has 0 heterocycles. The van der Waals surface area contributed by atoms with Gasteiger partial charge in [0.25, 0.3) is 0 Å². The van der Waals surface area contributed by atoms with E-state index >= 15 is 0 Å². The van der Waals surface area contributed by atoms with Gasteiger partial charge in [0, 0.05) is 5.92 Å². The zero-order valence-corrected chi connectivity index (χ0v) is 21.8. The number of carbonyl (C=O) groups is 1. The van der Waals surface area contributed by atoms with Crippen molar-refractivity contribution in [2.75, 3.05) is 18.9 Å². The Bertz CT molecular complexity index is 988. The van der Waals surface area contributed by atoms with Crippen molar-refractivity contribution in [3.8, 4) is 0 Å². The molecule has 0 atom stereocenters. The summed E-state index contributed by atoms with van der Waals surface area (Å²) in [6.07, 6.45) is 3.74. The lowest BCUT2D eigenvalue weighted by atomic mass is 9.98. The van der Waals surface area contributed by atoms with Crippen LogP contribution < -0.4 is 27.0 Å². The lowest BCUT2D eigenvalue weighted by Crippen LogP contribution is -2.27. The van der Waals surface area contributed by atoms with Crippen molar-refractivity contribution >= 4 is 42.8 Å². The van der Waals surface area contributed by atoms with E-state index in [0.717, 1.165) is 25.2 Å². The summed E-state index contributed by atoms with van der Waals surface area (Å²) in [6.45, 7) is 0.119. The van der Waals surface area contributed by atoms with Crippen molar-refractivity contribution in [2.24, 2.45) is 11.7 Å². The normalized spacial score (nSPS) is 11.3. The molecule has 0 spiro atoms. The highest BCUT2D eigenvalue weighted by Crippen LogP contribution is 2.39. The minimum Gasteiger partial charge on any atom is -0.324 e. The van der Waals surface area contributed by atoms with Crippen molar-refractivity contribution in [2.45, 2.75) is 12.8 Å². The molecule has 4 rings (SSSR count). The number of rotatable bonds is 12. The van der Waals surface area contributed by atoms with Gasteiger partial charge in [0.1, 0.15) is 5.78 Å². The second kappa shape index (κ2) is 13.5. The fourth-order valence-corrected chi connectivity index (χ4v) is 9.35. The summed E-state index contributed by atoms with van der Waals surface area (Å²) >= 11 is 0. The highest BCUT2D eigenvalue weighted by atomic mass is 31.1.